The van der Waals surface area contributed by atoms with Gasteiger partial charge >= 0.3 is 0 Å². The van der Waals surface area contributed by atoms with Crippen LogP contribution >= 0.6 is 0 Å². The lowest BCUT2D eigenvalue weighted by molar-refractivity contribution is 0.0547. The first-order valence-electron chi connectivity index (χ1n) is 7.50. The lowest BCUT2D eigenvalue weighted by atomic mass is 10.2. The van der Waals surface area contributed by atoms with Crippen LogP contribution in [-0.2, 0) is 34.2 Å². The van der Waals surface area contributed by atoms with E-state index in [0.717, 1.165) is 37.4 Å². The third-order valence-electron chi connectivity index (χ3n) is 4.12. The first-order chi connectivity index (χ1) is 11.0. The number of aromatic nitrogens is 2. The summed E-state index contributed by atoms with van der Waals surface area (Å²) in [7, 11) is -1.43. The summed E-state index contributed by atoms with van der Waals surface area (Å²) in [5, 5.41) is 4.34. The van der Waals surface area contributed by atoms with Crippen LogP contribution in [0.25, 0.3) is 0 Å². The van der Waals surface area contributed by atoms with E-state index >= 15 is 0 Å². The highest BCUT2D eigenvalue weighted by molar-refractivity contribution is 7.90. The predicted molar refractivity (Wildman–Crippen MR) is 86.7 cm³/mol. The first-order valence-corrected chi connectivity index (χ1v) is 9.39. The minimum Gasteiger partial charge on any atom is -0.378 e. The van der Waals surface area contributed by atoms with Crippen molar-refractivity contribution in [2.45, 2.75) is 30.6 Å². The second-order valence-electron chi connectivity index (χ2n) is 5.95. The summed E-state index contributed by atoms with van der Waals surface area (Å²) in [6.45, 7) is 3.11. The Bertz CT molecular complexity index is 768. The number of rotatable bonds is 4. The molecule has 2 aromatic rings. The molecule has 0 unspecified atom stereocenters. The topological polar surface area (TPSA) is 64.4 Å². The second kappa shape index (κ2) is 6.43. The fraction of sp³-hybridized carbons (Fsp3) is 0.438. The molecule has 6 nitrogen and oxygen atoms in total. The zero-order valence-corrected chi connectivity index (χ0v) is 14.2. The molecular weight excluding hydrogens is 314 g/mol. The molecule has 23 heavy (non-hydrogen) atoms. The maximum atomic E-state index is 11.5. The fourth-order valence-electron chi connectivity index (χ4n) is 2.86. The number of benzene rings is 1. The maximum Gasteiger partial charge on any atom is 0.175 e. The maximum absolute atomic E-state index is 11.5. The summed E-state index contributed by atoms with van der Waals surface area (Å²) in [5.41, 5.74) is 2.25. The first kappa shape index (κ1) is 16.2. The third-order valence-corrected chi connectivity index (χ3v) is 5.25. The van der Waals surface area contributed by atoms with Gasteiger partial charge in [-0.05, 0) is 23.8 Å². The van der Waals surface area contributed by atoms with E-state index in [-0.39, 0.29) is 6.10 Å². The molecule has 124 valence electrons. The molecule has 0 spiro atoms. The Balaban J connectivity index is 1.76. The Morgan fingerprint density at radius 2 is 1.96 bits per heavy atom. The van der Waals surface area contributed by atoms with Crippen molar-refractivity contribution in [1.82, 2.24) is 14.7 Å². The highest BCUT2D eigenvalue weighted by atomic mass is 32.2. The van der Waals surface area contributed by atoms with Crippen LogP contribution in [0.4, 0.5) is 0 Å². The lowest BCUT2D eigenvalue weighted by Crippen LogP contribution is -2.32. The van der Waals surface area contributed by atoms with Crippen LogP contribution in [-0.4, -0.2) is 49.1 Å². The van der Waals surface area contributed by atoms with Crippen LogP contribution in [0.5, 0.6) is 0 Å². The van der Waals surface area contributed by atoms with E-state index in [4.69, 9.17) is 4.74 Å². The third kappa shape index (κ3) is 3.80. The van der Waals surface area contributed by atoms with Gasteiger partial charge in [-0.3, -0.25) is 9.58 Å². The second-order valence-corrected chi connectivity index (χ2v) is 7.96. The minimum atomic E-state index is -3.15. The van der Waals surface area contributed by atoms with Gasteiger partial charge in [-0.15, -0.1) is 0 Å². The van der Waals surface area contributed by atoms with Crippen molar-refractivity contribution in [2.75, 3.05) is 19.9 Å². The van der Waals surface area contributed by atoms with Crippen molar-refractivity contribution in [3.05, 3.63) is 47.8 Å². The monoisotopic (exact) mass is 335 g/mol. The Morgan fingerprint density at radius 1 is 1.22 bits per heavy atom. The molecule has 1 aliphatic heterocycles. The Hall–Kier alpha value is -1.70. The number of fused-ring (bicyclic) bond motifs is 1. The average Bonchev–Trinajstić information content (AvgIpc) is 2.86. The molecule has 3 rings (SSSR count). The minimum absolute atomic E-state index is 0.0893. The molecule has 0 fully saturated rings. The van der Waals surface area contributed by atoms with Crippen molar-refractivity contribution in [1.29, 1.82) is 0 Å². The van der Waals surface area contributed by atoms with Crippen molar-refractivity contribution < 1.29 is 13.2 Å². The van der Waals surface area contributed by atoms with Crippen molar-refractivity contribution >= 4 is 9.84 Å². The summed E-state index contributed by atoms with van der Waals surface area (Å²) >= 11 is 0. The summed E-state index contributed by atoms with van der Waals surface area (Å²) in [6.07, 6.45) is 3.12. The summed E-state index contributed by atoms with van der Waals surface area (Å²) in [6, 6.07) is 9.11. The molecule has 1 aromatic carbocycles. The van der Waals surface area contributed by atoms with E-state index in [1.165, 1.54) is 6.26 Å². The van der Waals surface area contributed by atoms with Gasteiger partial charge in [0.1, 0.15) is 0 Å². The van der Waals surface area contributed by atoms with Crippen LogP contribution in [0.2, 0.25) is 0 Å². The number of hydrogen-bond acceptors (Lipinski definition) is 5. The number of nitrogens with zero attached hydrogens (tertiary/aromatic N) is 3. The summed E-state index contributed by atoms with van der Waals surface area (Å²) < 4.78 is 30.6. The molecule has 1 aliphatic rings. The molecule has 0 N–H and O–H groups in total. The summed E-state index contributed by atoms with van der Waals surface area (Å²) in [5.74, 6) is 0. The van der Waals surface area contributed by atoms with Crippen molar-refractivity contribution in [3.63, 3.8) is 0 Å². The molecule has 0 saturated heterocycles. The largest absolute Gasteiger partial charge is 0.378 e. The van der Waals surface area contributed by atoms with Gasteiger partial charge in [-0.2, -0.15) is 5.10 Å². The van der Waals surface area contributed by atoms with E-state index in [9.17, 15) is 8.42 Å². The number of methoxy groups -OCH3 is 1. The van der Waals surface area contributed by atoms with Crippen LogP contribution < -0.4 is 0 Å². The van der Waals surface area contributed by atoms with Gasteiger partial charge in [-0.25, -0.2) is 8.42 Å². The van der Waals surface area contributed by atoms with Gasteiger partial charge < -0.3 is 4.74 Å². The van der Waals surface area contributed by atoms with Crippen LogP contribution in [0.3, 0.4) is 0 Å². The fourth-order valence-corrected chi connectivity index (χ4v) is 3.49. The van der Waals surface area contributed by atoms with E-state index in [2.05, 4.69) is 10.00 Å². The number of hydrogen-bond donors (Lipinski definition) is 0. The van der Waals surface area contributed by atoms with E-state index in [1.807, 2.05) is 29.1 Å². The number of ether oxygens (including phenoxy) is 1. The molecule has 0 amide bonds. The van der Waals surface area contributed by atoms with Gasteiger partial charge in [0.15, 0.2) is 9.84 Å². The van der Waals surface area contributed by atoms with Gasteiger partial charge in [0.05, 0.1) is 23.2 Å². The van der Waals surface area contributed by atoms with E-state index < -0.39 is 9.84 Å². The Labute approximate surface area is 136 Å². The average molecular weight is 335 g/mol. The Morgan fingerprint density at radius 3 is 2.61 bits per heavy atom. The zero-order chi connectivity index (χ0) is 16.4. The molecule has 7 heteroatoms. The highest BCUT2D eigenvalue weighted by Crippen LogP contribution is 2.17. The van der Waals surface area contributed by atoms with Gasteiger partial charge in [-0.1, -0.05) is 12.1 Å². The van der Waals surface area contributed by atoms with E-state index in [1.54, 1.807) is 19.2 Å². The van der Waals surface area contributed by atoms with Crippen LogP contribution in [0.15, 0.2) is 41.4 Å². The highest BCUT2D eigenvalue weighted by Gasteiger charge is 2.22. The molecule has 1 aromatic heterocycles. The molecule has 1 atom stereocenters. The van der Waals surface area contributed by atoms with Crippen molar-refractivity contribution in [2.24, 2.45) is 0 Å². The SMILES string of the molecule is CO[C@@H]1CN(Cc2ccc(S(C)(=O)=O)cc2)Cc2ccnn2C1. The molecule has 2 heterocycles. The van der Waals surface area contributed by atoms with Gasteiger partial charge in [0, 0.05) is 39.2 Å². The zero-order valence-electron chi connectivity index (χ0n) is 13.3. The quantitative estimate of drug-likeness (QED) is 0.843. The van der Waals surface area contributed by atoms with Gasteiger partial charge in [0.2, 0.25) is 0 Å². The lowest BCUT2D eigenvalue weighted by Gasteiger charge is -2.23. The smallest absolute Gasteiger partial charge is 0.175 e. The number of sulfone groups is 1. The Kier molecular flexibility index (Phi) is 4.52. The predicted octanol–water partition coefficient (Wildman–Crippen LogP) is 1.32. The molecule has 0 saturated carbocycles. The molecule has 0 aliphatic carbocycles. The van der Waals surface area contributed by atoms with Gasteiger partial charge in [0.25, 0.3) is 0 Å². The molecule has 0 bridgehead atoms. The van der Waals surface area contributed by atoms with Crippen LogP contribution in [0.1, 0.15) is 11.3 Å². The van der Waals surface area contributed by atoms with E-state index in [0.29, 0.717) is 4.90 Å². The standard InChI is InChI=1S/C16H21N3O3S/c1-22-15-11-18(10-14-7-8-17-19(14)12-15)9-13-3-5-16(6-4-13)23(2,20)21/h3-8,15H,9-12H2,1-2H3/t15-/m1/s1. The molecular formula is C16H21N3O3S. The molecule has 0 radical (unpaired) electrons. The van der Waals surface area contributed by atoms with Crippen molar-refractivity contribution in [3.8, 4) is 0 Å². The summed E-state index contributed by atoms with van der Waals surface area (Å²) in [4.78, 5) is 2.65. The van der Waals surface area contributed by atoms with Crippen LogP contribution in [0, 0.1) is 0 Å². The normalized spacial score (nSPS) is 19.3.